The summed E-state index contributed by atoms with van der Waals surface area (Å²) in [6.07, 6.45) is 3.01. The van der Waals surface area contributed by atoms with Crippen LogP contribution in [0, 0.1) is 23.6 Å². The van der Waals surface area contributed by atoms with Crippen LogP contribution in [0.1, 0.15) is 42.9 Å². The number of nitrogen functional groups attached to an aromatic ring is 1. The Labute approximate surface area is 285 Å². The minimum atomic E-state index is -3.80. The molecule has 260 valence electrons. The van der Waals surface area contributed by atoms with Gasteiger partial charge in [0.1, 0.15) is 34.8 Å². The molecular weight excluding hydrogens is 653 g/mol. The normalized spacial score (nSPS) is 24.5. The maximum absolute atomic E-state index is 15.9. The van der Waals surface area contributed by atoms with Gasteiger partial charge in [0.2, 0.25) is 11.8 Å². The number of aliphatic hydroxyl groups is 1. The molecule has 4 aromatic rings. The molecule has 11 nitrogen and oxygen atoms in total. The molecule has 1 saturated carbocycles. The van der Waals surface area contributed by atoms with Gasteiger partial charge in [0, 0.05) is 32.2 Å². The third kappa shape index (κ3) is 7.05. The van der Waals surface area contributed by atoms with Crippen molar-refractivity contribution in [1.82, 2.24) is 24.6 Å². The Balaban J connectivity index is 1.19. The Hall–Kier alpha value is -5.26. The summed E-state index contributed by atoms with van der Waals surface area (Å²) in [4.78, 5) is 32.2. The number of methoxy groups -OCH3 is 1. The number of benzene rings is 2. The molecule has 0 radical (unpaired) electrons. The number of carbonyl (C=O) groups excluding carboxylic acids is 1. The molecule has 3 heterocycles. The SMILES string of the molecule is CO[C@]1(C#Cc2cccnn2)CC[C@@H](C(=O)N2CC[C@](O)(Cn3cnc(Oc4ccc(F)cc4)c(N)c3=O)C(F)(F)C2)[C@H](c2ccccc2)C1. The highest BCUT2D eigenvalue weighted by atomic mass is 19.3. The molecule has 2 aliphatic rings. The van der Waals surface area contributed by atoms with Crippen LogP contribution < -0.4 is 16.0 Å². The Morgan fingerprint density at radius 2 is 1.86 bits per heavy atom. The summed E-state index contributed by atoms with van der Waals surface area (Å²) in [6.45, 7) is -2.05. The van der Waals surface area contributed by atoms with E-state index in [1.165, 1.54) is 12.1 Å². The summed E-state index contributed by atoms with van der Waals surface area (Å²) >= 11 is 0. The van der Waals surface area contributed by atoms with E-state index in [2.05, 4.69) is 27.0 Å². The van der Waals surface area contributed by atoms with E-state index < -0.39 is 71.4 Å². The van der Waals surface area contributed by atoms with Crippen LogP contribution >= 0.6 is 0 Å². The van der Waals surface area contributed by atoms with Crippen LogP contribution in [-0.4, -0.2) is 73.0 Å². The van der Waals surface area contributed by atoms with Gasteiger partial charge in [-0.15, -0.1) is 5.10 Å². The van der Waals surface area contributed by atoms with Crippen molar-refractivity contribution in [2.75, 3.05) is 25.9 Å². The summed E-state index contributed by atoms with van der Waals surface area (Å²) in [6, 6.07) is 17.7. The molecule has 1 aliphatic carbocycles. The molecule has 0 unspecified atom stereocenters. The standard InChI is InChI=1S/C36H35F3N6O5/c1-49-34(15-13-26-8-5-18-42-43-26)16-14-28(29(20-34)24-6-3-2-4-7-24)32(46)44-19-17-35(48,36(38,39)22-44)21-45-23-41-31(30(40)33(45)47)50-27-11-9-25(37)10-12-27/h2-12,18,23,28-29,48H,14,16-17,19-22,40H2,1H3/t28-,29+,34-,35+/m1/s1. The molecule has 1 saturated heterocycles. The molecule has 2 fully saturated rings. The molecule has 4 atom stereocenters. The van der Waals surface area contributed by atoms with Crippen molar-refractivity contribution in [3.63, 3.8) is 0 Å². The third-order valence-corrected chi connectivity index (χ3v) is 9.49. The average Bonchev–Trinajstić information content (AvgIpc) is 3.13. The van der Waals surface area contributed by atoms with E-state index in [0.717, 1.165) is 33.5 Å². The molecular formula is C36H35F3N6O5. The number of ether oxygens (including phenoxy) is 2. The summed E-state index contributed by atoms with van der Waals surface area (Å²) < 4.78 is 57.2. The van der Waals surface area contributed by atoms with Gasteiger partial charge in [-0.05, 0) is 73.1 Å². The average molecular weight is 689 g/mol. The van der Waals surface area contributed by atoms with Crippen LogP contribution in [0.2, 0.25) is 0 Å². The number of aromatic nitrogens is 4. The first-order valence-corrected chi connectivity index (χ1v) is 16.0. The second kappa shape index (κ2) is 13.9. The number of anilines is 1. The first-order valence-electron chi connectivity index (χ1n) is 16.0. The van der Waals surface area contributed by atoms with Crippen LogP contribution in [0.4, 0.5) is 18.9 Å². The second-order valence-corrected chi connectivity index (χ2v) is 12.6. The highest BCUT2D eigenvalue weighted by molar-refractivity contribution is 5.80. The topological polar surface area (TPSA) is 146 Å². The highest BCUT2D eigenvalue weighted by Crippen LogP contribution is 2.46. The Morgan fingerprint density at radius 1 is 1.10 bits per heavy atom. The fourth-order valence-corrected chi connectivity index (χ4v) is 6.60. The number of hydrogen-bond acceptors (Lipinski definition) is 9. The molecule has 14 heteroatoms. The van der Waals surface area contributed by atoms with E-state index in [1.807, 2.05) is 30.3 Å². The lowest BCUT2D eigenvalue weighted by atomic mass is 9.68. The fourth-order valence-electron chi connectivity index (χ4n) is 6.60. The second-order valence-electron chi connectivity index (χ2n) is 12.6. The van der Waals surface area contributed by atoms with E-state index in [-0.39, 0.29) is 18.2 Å². The Morgan fingerprint density at radius 3 is 2.54 bits per heavy atom. The van der Waals surface area contributed by atoms with Crippen molar-refractivity contribution in [3.8, 4) is 23.5 Å². The minimum Gasteiger partial charge on any atom is -0.437 e. The molecule has 2 aromatic heterocycles. The number of halogens is 3. The zero-order valence-electron chi connectivity index (χ0n) is 27.1. The van der Waals surface area contributed by atoms with Crippen LogP contribution in [0.5, 0.6) is 11.6 Å². The molecule has 3 N–H and O–H groups in total. The van der Waals surface area contributed by atoms with Gasteiger partial charge < -0.3 is 25.2 Å². The van der Waals surface area contributed by atoms with Crippen molar-refractivity contribution in [3.05, 3.63) is 107 Å². The van der Waals surface area contributed by atoms with E-state index in [9.17, 15) is 19.1 Å². The van der Waals surface area contributed by atoms with Crippen LogP contribution in [0.15, 0.2) is 84.0 Å². The molecule has 50 heavy (non-hydrogen) atoms. The molecule has 1 amide bonds. The number of nitrogens with two attached hydrogens (primary N) is 1. The van der Waals surface area contributed by atoms with Crippen molar-refractivity contribution in [2.24, 2.45) is 5.92 Å². The van der Waals surface area contributed by atoms with Gasteiger partial charge in [0.05, 0.1) is 13.1 Å². The predicted octanol–water partition coefficient (Wildman–Crippen LogP) is 4.17. The van der Waals surface area contributed by atoms with Crippen LogP contribution in [0.25, 0.3) is 0 Å². The van der Waals surface area contributed by atoms with Crippen molar-refractivity contribution < 1.29 is 32.5 Å². The summed E-state index contributed by atoms with van der Waals surface area (Å²) in [5.41, 5.74) is 2.26. The number of alkyl halides is 2. The lowest BCUT2D eigenvalue weighted by Gasteiger charge is -2.47. The molecule has 0 spiro atoms. The maximum Gasteiger partial charge on any atom is 0.295 e. The molecule has 1 aliphatic heterocycles. The summed E-state index contributed by atoms with van der Waals surface area (Å²) in [5.74, 6) is 0.267. The van der Waals surface area contributed by atoms with Gasteiger partial charge in [0.25, 0.3) is 11.5 Å². The molecule has 2 aromatic carbocycles. The zero-order chi connectivity index (χ0) is 35.5. The van der Waals surface area contributed by atoms with Gasteiger partial charge in [0.15, 0.2) is 5.69 Å². The largest absolute Gasteiger partial charge is 0.437 e. The predicted molar refractivity (Wildman–Crippen MR) is 176 cm³/mol. The van der Waals surface area contributed by atoms with Gasteiger partial charge in [-0.3, -0.25) is 14.2 Å². The van der Waals surface area contributed by atoms with Crippen LogP contribution in [0.3, 0.4) is 0 Å². The monoisotopic (exact) mass is 688 g/mol. The Bertz CT molecular complexity index is 1950. The van der Waals surface area contributed by atoms with E-state index in [4.69, 9.17) is 15.2 Å². The molecule has 0 bridgehead atoms. The van der Waals surface area contributed by atoms with Gasteiger partial charge in [-0.2, -0.15) is 5.10 Å². The number of likely N-dealkylation sites (tertiary alicyclic amines) is 1. The zero-order valence-corrected chi connectivity index (χ0v) is 27.1. The van der Waals surface area contributed by atoms with Crippen molar-refractivity contribution in [2.45, 2.75) is 55.3 Å². The quantitative estimate of drug-likeness (QED) is 0.274. The fraction of sp³-hybridized carbons (Fsp3) is 0.361. The van der Waals surface area contributed by atoms with Crippen molar-refractivity contribution in [1.29, 1.82) is 0 Å². The van der Waals surface area contributed by atoms with E-state index in [1.54, 1.807) is 25.4 Å². The number of nitrogens with zero attached hydrogens (tertiary/aromatic N) is 5. The number of piperidine rings is 1. The first-order chi connectivity index (χ1) is 23.9. The number of carbonyl (C=O) groups is 1. The van der Waals surface area contributed by atoms with Gasteiger partial charge in [-0.25, -0.2) is 18.2 Å². The van der Waals surface area contributed by atoms with Gasteiger partial charge in [-0.1, -0.05) is 36.3 Å². The lowest BCUT2D eigenvalue weighted by molar-refractivity contribution is -0.223. The molecule has 6 rings (SSSR count). The number of amides is 1. The highest BCUT2D eigenvalue weighted by Gasteiger charge is 2.58. The smallest absolute Gasteiger partial charge is 0.295 e. The van der Waals surface area contributed by atoms with E-state index >= 15 is 8.78 Å². The van der Waals surface area contributed by atoms with E-state index in [0.29, 0.717) is 25.0 Å². The minimum absolute atomic E-state index is 0.153. The number of hydrogen-bond donors (Lipinski definition) is 2. The summed E-state index contributed by atoms with van der Waals surface area (Å²) in [5, 5.41) is 19.1. The number of rotatable bonds is 7. The first kappa shape index (κ1) is 34.6. The lowest BCUT2D eigenvalue weighted by Crippen LogP contribution is -2.64. The van der Waals surface area contributed by atoms with Gasteiger partial charge >= 0.3 is 0 Å². The van der Waals surface area contributed by atoms with Crippen molar-refractivity contribution >= 4 is 11.6 Å². The third-order valence-electron chi connectivity index (χ3n) is 9.49. The maximum atomic E-state index is 15.9. The van der Waals surface area contributed by atoms with Crippen LogP contribution in [-0.2, 0) is 16.1 Å². The summed E-state index contributed by atoms with van der Waals surface area (Å²) in [7, 11) is 1.56. The Kier molecular flexibility index (Phi) is 9.64.